The van der Waals surface area contributed by atoms with E-state index in [0.29, 0.717) is 5.75 Å². The summed E-state index contributed by atoms with van der Waals surface area (Å²) in [4.78, 5) is 12.0. The number of benzene rings is 1. The number of ether oxygens (including phenoxy) is 3. The quantitative estimate of drug-likeness (QED) is 0.786. The lowest BCUT2D eigenvalue weighted by molar-refractivity contribution is 0.0118. The molecule has 0 unspecified atom stereocenters. The van der Waals surface area contributed by atoms with Crippen molar-refractivity contribution in [2.24, 2.45) is 5.73 Å². The van der Waals surface area contributed by atoms with Crippen LogP contribution in [0.4, 0.5) is 8.78 Å². The van der Waals surface area contributed by atoms with Gasteiger partial charge in [-0.25, -0.2) is 8.78 Å². The van der Waals surface area contributed by atoms with Crippen molar-refractivity contribution < 1.29 is 27.8 Å². The highest BCUT2D eigenvalue weighted by molar-refractivity contribution is 5.97. The van der Waals surface area contributed by atoms with Gasteiger partial charge in [0.2, 0.25) is 0 Å². The predicted octanol–water partition coefficient (Wildman–Crippen LogP) is 1.04. The van der Waals surface area contributed by atoms with E-state index in [0.717, 1.165) is 0 Å². The number of amides is 1. The molecule has 0 spiro atoms. The molecule has 1 rings (SSSR count). The molecule has 1 aromatic rings. The van der Waals surface area contributed by atoms with E-state index in [2.05, 4.69) is 5.32 Å². The Bertz CT molecular complexity index is 509. The Morgan fingerprint density at radius 1 is 1.14 bits per heavy atom. The largest absolute Gasteiger partial charge is 0.496 e. The molecular formula is C13H18F2N2O4. The van der Waals surface area contributed by atoms with Crippen molar-refractivity contribution in [1.29, 1.82) is 0 Å². The Labute approximate surface area is 121 Å². The molecule has 0 saturated heterocycles. The van der Waals surface area contributed by atoms with Gasteiger partial charge < -0.3 is 25.3 Å². The topological polar surface area (TPSA) is 82.8 Å². The van der Waals surface area contributed by atoms with Gasteiger partial charge >= 0.3 is 0 Å². The molecule has 0 aliphatic carbocycles. The normalized spacial score (nSPS) is 11.0. The van der Waals surface area contributed by atoms with Crippen molar-refractivity contribution in [3.8, 4) is 17.2 Å². The highest BCUT2D eigenvalue weighted by atomic mass is 19.3. The second-order valence-electron chi connectivity index (χ2n) is 4.15. The number of hydrogen-bond acceptors (Lipinski definition) is 5. The van der Waals surface area contributed by atoms with Crippen LogP contribution >= 0.6 is 0 Å². The second kappa shape index (κ2) is 7.07. The molecular weight excluding hydrogens is 286 g/mol. The second-order valence-corrected chi connectivity index (χ2v) is 4.15. The summed E-state index contributed by atoms with van der Waals surface area (Å²) in [6.07, 6.45) is 0. The van der Waals surface area contributed by atoms with Gasteiger partial charge in [0.1, 0.15) is 5.75 Å². The molecule has 1 amide bonds. The van der Waals surface area contributed by atoms with Gasteiger partial charge in [-0.15, -0.1) is 0 Å². The van der Waals surface area contributed by atoms with E-state index in [1.807, 2.05) is 0 Å². The molecule has 0 atom stereocenters. The van der Waals surface area contributed by atoms with E-state index >= 15 is 0 Å². The summed E-state index contributed by atoms with van der Waals surface area (Å²) in [7, 11) is 4.18. The van der Waals surface area contributed by atoms with Crippen molar-refractivity contribution >= 4 is 5.91 Å². The van der Waals surface area contributed by atoms with Crippen molar-refractivity contribution in [3.63, 3.8) is 0 Å². The van der Waals surface area contributed by atoms with E-state index < -0.39 is 24.9 Å². The maximum atomic E-state index is 13.1. The molecule has 0 fully saturated rings. The number of nitrogens with one attached hydrogen (secondary N) is 1. The van der Waals surface area contributed by atoms with Gasteiger partial charge in [-0.05, 0) is 0 Å². The molecule has 0 aromatic heterocycles. The molecule has 0 radical (unpaired) electrons. The van der Waals surface area contributed by atoms with E-state index in [-0.39, 0.29) is 17.1 Å². The predicted molar refractivity (Wildman–Crippen MR) is 72.4 cm³/mol. The first-order valence-electron chi connectivity index (χ1n) is 6.04. The number of carbonyl (C=O) groups is 1. The van der Waals surface area contributed by atoms with Crippen LogP contribution in [0.15, 0.2) is 12.1 Å². The van der Waals surface area contributed by atoms with Gasteiger partial charge in [0.25, 0.3) is 11.8 Å². The minimum Gasteiger partial charge on any atom is -0.496 e. The number of nitrogens with two attached hydrogens (primary N) is 1. The van der Waals surface area contributed by atoms with Gasteiger partial charge in [-0.1, -0.05) is 0 Å². The molecule has 6 nitrogen and oxygen atoms in total. The SMILES string of the molecule is COc1cc(OC)c(C(=O)NCC(F)(F)CN)cc1OC. The maximum absolute atomic E-state index is 13.1. The Morgan fingerprint density at radius 2 is 1.67 bits per heavy atom. The summed E-state index contributed by atoms with van der Waals surface area (Å²) >= 11 is 0. The Morgan fingerprint density at radius 3 is 2.14 bits per heavy atom. The van der Waals surface area contributed by atoms with Crippen LogP contribution < -0.4 is 25.3 Å². The Hall–Kier alpha value is -2.09. The lowest BCUT2D eigenvalue weighted by atomic mass is 10.1. The molecule has 0 aliphatic rings. The molecule has 0 heterocycles. The minimum absolute atomic E-state index is 0.0583. The number of methoxy groups -OCH3 is 3. The van der Waals surface area contributed by atoms with Gasteiger partial charge in [0.05, 0.1) is 40.0 Å². The molecule has 1 aromatic carbocycles. The third-order valence-electron chi connectivity index (χ3n) is 2.76. The number of rotatable bonds is 7. The van der Waals surface area contributed by atoms with Crippen LogP contribution in [0.5, 0.6) is 17.2 Å². The van der Waals surface area contributed by atoms with Crippen LogP contribution in [0.1, 0.15) is 10.4 Å². The Balaban J connectivity index is 3.02. The third-order valence-corrected chi connectivity index (χ3v) is 2.76. The lowest BCUT2D eigenvalue weighted by Gasteiger charge is -2.17. The summed E-state index contributed by atoms with van der Waals surface area (Å²) in [5.74, 6) is -3.06. The molecule has 3 N–H and O–H groups in total. The molecule has 0 aliphatic heterocycles. The summed E-state index contributed by atoms with van der Waals surface area (Å²) < 4.78 is 41.3. The summed E-state index contributed by atoms with van der Waals surface area (Å²) in [6.45, 7) is -1.71. The van der Waals surface area contributed by atoms with E-state index in [4.69, 9.17) is 19.9 Å². The maximum Gasteiger partial charge on any atom is 0.277 e. The number of carbonyl (C=O) groups excluding carboxylic acids is 1. The molecule has 118 valence electrons. The van der Waals surface area contributed by atoms with E-state index in [9.17, 15) is 13.6 Å². The van der Waals surface area contributed by atoms with Crippen molar-refractivity contribution in [1.82, 2.24) is 5.32 Å². The van der Waals surface area contributed by atoms with Crippen molar-refractivity contribution in [2.45, 2.75) is 5.92 Å². The van der Waals surface area contributed by atoms with Crippen LogP contribution in [0.3, 0.4) is 0 Å². The summed E-state index contributed by atoms with van der Waals surface area (Å²) in [5.41, 5.74) is 4.97. The highest BCUT2D eigenvalue weighted by Crippen LogP contribution is 2.34. The third kappa shape index (κ3) is 4.19. The smallest absolute Gasteiger partial charge is 0.277 e. The standard InChI is InChI=1S/C13H18F2N2O4/c1-19-9-5-11(21-3)10(20-2)4-8(9)12(18)17-7-13(14,15)6-16/h4-5H,6-7,16H2,1-3H3,(H,17,18). The number of hydrogen-bond donors (Lipinski definition) is 2. The van der Waals surface area contributed by atoms with Crippen LogP contribution in [0, 0.1) is 0 Å². The molecule has 8 heteroatoms. The summed E-state index contributed by atoms with van der Waals surface area (Å²) in [6, 6.07) is 2.79. The van der Waals surface area contributed by atoms with Crippen LogP contribution in [0.2, 0.25) is 0 Å². The minimum atomic E-state index is -3.17. The number of alkyl halides is 2. The van der Waals surface area contributed by atoms with Gasteiger partial charge in [-0.2, -0.15) is 0 Å². The fourth-order valence-electron chi connectivity index (χ4n) is 1.58. The van der Waals surface area contributed by atoms with E-state index in [1.54, 1.807) is 0 Å². The fraction of sp³-hybridized carbons (Fsp3) is 0.462. The fourth-order valence-corrected chi connectivity index (χ4v) is 1.58. The molecule has 21 heavy (non-hydrogen) atoms. The van der Waals surface area contributed by atoms with Crippen LogP contribution in [-0.2, 0) is 0 Å². The lowest BCUT2D eigenvalue weighted by Crippen LogP contribution is -2.41. The average molecular weight is 304 g/mol. The van der Waals surface area contributed by atoms with Gasteiger partial charge in [0.15, 0.2) is 11.5 Å². The van der Waals surface area contributed by atoms with Crippen molar-refractivity contribution in [2.75, 3.05) is 34.4 Å². The van der Waals surface area contributed by atoms with Crippen molar-refractivity contribution in [3.05, 3.63) is 17.7 Å². The number of halogens is 2. The van der Waals surface area contributed by atoms with Gasteiger partial charge in [0, 0.05) is 12.1 Å². The van der Waals surface area contributed by atoms with Crippen LogP contribution in [0.25, 0.3) is 0 Å². The zero-order valence-corrected chi connectivity index (χ0v) is 12.0. The first-order valence-corrected chi connectivity index (χ1v) is 6.04. The first-order chi connectivity index (χ1) is 9.88. The summed E-state index contributed by atoms with van der Waals surface area (Å²) in [5, 5.41) is 2.11. The Kier molecular flexibility index (Phi) is 5.71. The zero-order valence-electron chi connectivity index (χ0n) is 12.0. The van der Waals surface area contributed by atoms with E-state index in [1.165, 1.54) is 33.5 Å². The average Bonchev–Trinajstić information content (AvgIpc) is 2.51. The van der Waals surface area contributed by atoms with Crippen LogP contribution in [-0.4, -0.2) is 46.2 Å². The monoisotopic (exact) mass is 304 g/mol. The molecule has 0 bridgehead atoms. The van der Waals surface area contributed by atoms with Gasteiger partial charge in [-0.3, -0.25) is 4.79 Å². The molecule has 0 saturated carbocycles. The zero-order chi connectivity index (χ0) is 16.0. The highest BCUT2D eigenvalue weighted by Gasteiger charge is 2.28. The first kappa shape index (κ1) is 17.0.